The summed E-state index contributed by atoms with van der Waals surface area (Å²) in [6, 6.07) is 6.91. The van der Waals surface area contributed by atoms with Crippen molar-refractivity contribution in [3.63, 3.8) is 0 Å². The van der Waals surface area contributed by atoms with E-state index >= 15 is 0 Å². The van der Waals surface area contributed by atoms with Gasteiger partial charge in [0.15, 0.2) is 0 Å². The van der Waals surface area contributed by atoms with Crippen LogP contribution < -0.4 is 5.32 Å². The van der Waals surface area contributed by atoms with Crippen molar-refractivity contribution < 1.29 is 19.4 Å². The van der Waals surface area contributed by atoms with Gasteiger partial charge < -0.3 is 14.4 Å². The summed E-state index contributed by atoms with van der Waals surface area (Å²) in [7, 11) is 1.62. The minimum atomic E-state index is -1.08. The summed E-state index contributed by atoms with van der Waals surface area (Å²) in [5.74, 6) is -1.11. The van der Waals surface area contributed by atoms with Gasteiger partial charge in [0.2, 0.25) is 5.82 Å². The molecule has 0 atom stereocenters. The number of aromatic nitrogens is 2. The largest absolute Gasteiger partial charge is 0.475 e. The van der Waals surface area contributed by atoms with Crippen LogP contribution in [0.3, 0.4) is 0 Å². The Morgan fingerprint density at radius 1 is 1.22 bits per heavy atom. The fourth-order valence-corrected chi connectivity index (χ4v) is 1.95. The molecule has 0 aliphatic rings. The number of carboxylic acids is 1. The molecule has 0 bridgehead atoms. The van der Waals surface area contributed by atoms with Gasteiger partial charge in [-0.3, -0.25) is 5.32 Å². The van der Waals surface area contributed by atoms with Crippen molar-refractivity contribution in [2.45, 2.75) is 26.4 Å². The molecule has 0 aliphatic heterocycles. The molecule has 1 heterocycles. The van der Waals surface area contributed by atoms with Crippen LogP contribution in [0.25, 0.3) is 11.3 Å². The molecule has 7 heteroatoms. The van der Waals surface area contributed by atoms with E-state index in [2.05, 4.69) is 10.3 Å². The molecule has 2 N–H and O–H groups in total. The van der Waals surface area contributed by atoms with Crippen LogP contribution in [0.1, 0.15) is 31.4 Å². The van der Waals surface area contributed by atoms with E-state index in [0.29, 0.717) is 11.4 Å². The number of carbonyl (C=O) groups excluding carboxylic acids is 1. The maximum absolute atomic E-state index is 11.7. The van der Waals surface area contributed by atoms with E-state index in [0.717, 1.165) is 5.56 Å². The number of nitrogens with zero attached hydrogens (tertiary/aromatic N) is 2. The first-order valence-corrected chi connectivity index (χ1v) is 7.03. The Morgan fingerprint density at radius 2 is 1.83 bits per heavy atom. The van der Waals surface area contributed by atoms with Crippen LogP contribution >= 0.6 is 0 Å². The van der Waals surface area contributed by atoms with Crippen molar-refractivity contribution >= 4 is 17.7 Å². The lowest BCUT2D eigenvalue weighted by atomic mass is 10.1. The van der Waals surface area contributed by atoms with Gasteiger partial charge in [-0.05, 0) is 32.9 Å². The number of hydrogen-bond donors (Lipinski definition) is 2. The predicted molar refractivity (Wildman–Crippen MR) is 85.5 cm³/mol. The zero-order chi connectivity index (χ0) is 17.2. The van der Waals surface area contributed by atoms with Gasteiger partial charge in [0.25, 0.3) is 0 Å². The summed E-state index contributed by atoms with van der Waals surface area (Å²) < 4.78 is 6.62. The molecular weight excluding hydrogens is 298 g/mol. The molecule has 0 unspecified atom stereocenters. The third-order valence-corrected chi connectivity index (χ3v) is 2.89. The van der Waals surface area contributed by atoms with E-state index < -0.39 is 17.7 Å². The fraction of sp³-hybridized carbons (Fsp3) is 0.312. The molecule has 0 spiro atoms. The summed E-state index contributed by atoms with van der Waals surface area (Å²) in [4.78, 5) is 26.8. The van der Waals surface area contributed by atoms with Gasteiger partial charge in [0, 0.05) is 24.5 Å². The van der Waals surface area contributed by atoms with Crippen molar-refractivity contribution in [1.29, 1.82) is 0 Å². The highest BCUT2D eigenvalue weighted by Crippen LogP contribution is 2.21. The lowest BCUT2D eigenvalue weighted by molar-refractivity contribution is 0.0633. The molecule has 0 saturated heterocycles. The second-order valence-electron chi connectivity index (χ2n) is 6.07. The molecule has 23 heavy (non-hydrogen) atoms. The number of carbonyl (C=O) groups is 2. The second-order valence-corrected chi connectivity index (χ2v) is 6.07. The van der Waals surface area contributed by atoms with Crippen LogP contribution in [0.5, 0.6) is 0 Å². The number of imidazole rings is 1. The number of benzene rings is 1. The Bertz CT molecular complexity index is 727. The Labute approximate surface area is 133 Å². The molecule has 0 radical (unpaired) electrons. The second kappa shape index (κ2) is 6.12. The average molecular weight is 317 g/mol. The monoisotopic (exact) mass is 317 g/mol. The number of ether oxygens (including phenoxy) is 1. The predicted octanol–water partition coefficient (Wildman–Crippen LogP) is 3.13. The third kappa shape index (κ3) is 4.32. The van der Waals surface area contributed by atoms with Crippen molar-refractivity contribution in [1.82, 2.24) is 9.55 Å². The standard InChI is InChI=1S/C16H19N3O4/c1-16(2,3)23-15(22)17-11-7-5-10(6-8-11)12-9-19(4)13(18-12)14(20)21/h5-9H,1-4H3,(H,17,22)(H,20,21). The fourth-order valence-electron chi connectivity index (χ4n) is 1.95. The molecule has 2 aromatic rings. The van der Waals surface area contributed by atoms with E-state index in [1.165, 1.54) is 4.57 Å². The highest BCUT2D eigenvalue weighted by Gasteiger charge is 2.16. The van der Waals surface area contributed by atoms with Crippen molar-refractivity contribution in [3.8, 4) is 11.3 Å². The number of aryl methyl sites for hydroxylation is 1. The summed E-state index contributed by atoms with van der Waals surface area (Å²) in [5.41, 5.74) is 1.32. The van der Waals surface area contributed by atoms with Crippen LogP contribution in [0.2, 0.25) is 0 Å². The Balaban J connectivity index is 2.12. The van der Waals surface area contributed by atoms with Gasteiger partial charge >= 0.3 is 12.1 Å². The first-order valence-electron chi connectivity index (χ1n) is 7.03. The number of hydrogen-bond acceptors (Lipinski definition) is 4. The molecule has 2 rings (SSSR count). The molecule has 0 saturated carbocycles. The van der Waals surface area contributed by atoms with Gasteiger partial charge in [-0.15, -0.1) is 0 Å². The van der Waals surface area contributed by atoms with E-state index in [4.69, 9.17) is 9.84 Å². The molecule has 1 amide bonds. The summed E-state index contributed by atoms with van der Waals surface area (Å²) in [6.07, 6.45) is 1.11. The topological polar surface area (TPSA) is 93.5 Å². The number of rotatable bonds is 3. The lowest BCUT2D eigenvalue weighted by Gasteiger charge is -2.19. The Kier molecular flexibility index (Phi) is 4.40. The van der Waals surface area contributed by atoms with E-state index in [1.807, 2.05) is 0 Å². The highest BCUT2D eigenvalue weighted by molar-refractivity contribution is 5.86. The third-order valence-electron chi connectivity index (χ3n) is 2.89. The average Bonchev–Trinajstić information content (AvgIpc) is 2.79. The van der Waals surface area contributed by atoms with Gasteiger partial charge in [-0.2, -0.15) is 0 Å². The first kappa shape index (κ1) is 16.5. The summed E-state index contributed by atoms with van der Waals surface area (Å²) in [6.45, 7) is 5.37. The lowest BCUT2D eigenvalue weighted by Crippen LogP contribution is -2.27. The van der Waals surface area contributed by atoms with E-state index in [9.17, 15) is 9.59 Å². The molecule has 1 aromatic heterocycles. The van der Waals surface area contributed by atoms with Crippen molar-refractivity contribution in [2.24, 2.45) is 7.05 Å². The zero-order valence-electron chi connectivity index (χ0n) is 13.5. The Hall–Kier alpha value is -2.83. The molecular formula is C16H19N3O4. The van der Waals surface area contributed by atoms with Crippen molar-refractivity contribution in [3.05, 3.63) is 36.3 Å². The normalized spacial score (nSPS) is 11.1. The van der Waals surface area contributed by atoms with E-state index in [-0.39, 0.29) is 5.82 Å². The molecule has 122 valence electrons. The van der Waals surface area contributed by atoms with Crippen LogP contribution in [0.4, 0.5) is 10.5 Å². The van der Waals surface area contributed by atoms with Crippen LogP contribution in [-0.4, -0.2) is 32.3 Å². The van der Waals surface area contributed by atoms with Crippen LogP contribution in [0.15, 0.2) is 30.5 Å². The minimum absolute atomic E-state index is 0.0315. The maximum Gasteiger partial charge on any atom is 0.412 e. The van der Waals surface area contributed by atoms with Crippen molar-refractivity contribution in [2.75, 3.05) is 5.32 Å². The summed E-state index contributed by atoms with van der Waals surface area (Å²) >= 11 is 0. The number of carboxylic acid groups (broad SMARTS) is 1. The summed E-state index contributed by atoms with van der Waals surface area (Å²) in [5, 5.41) is 11.6. The quantitative estimate of drug-likeness (QED) is 0.907. The van der Waals surface area contributed by atoms with Gasteiger partial charge in [-0.1, -0.05) is 12.1 Å². The molecule has 0 fully saturated rings. The van der Waals surface area contributed by atoms with E-state index in [1.54, 1.807) is 58.3 Å². The zero-order valence-corrected chi connectivity index (χ0v) is 13.5. The molecule has 0 aliphatic carbocycles. The molecule has 7 nitrogen and oxygen atoms in total. The smallest absolute Gasteiger partial charge is 0.412 e. The highest BCUT2D eigenvalue weighted by atomic mass is 16.6. The first-order chi connectivity index (χ1) is 10.7. The number of aromatic carboxylic acids is 1. The van der Waals surface area contributed by atoms with Gasteiger partial charge in [0.1, 0.15) is 5.60 Å². The van der Waals surface area contributed by atoms with Crippen LogP contribution in [0, 0.1) is 0 Å². The maximum atomic E-state index is 11.7. The minimum Gasteiger partial charge on any atom is -0.475 e. The number of anilines is 1. The Morgan fingerprint density at radius 3 is 2.30 bits per heavy atom. The van der Waals surface area contributed by atoms with Gasteiger partial charge in [-0.25, -0.2) is 14.6 Å². The molecule has 1 aromatic carbocycles. The number of amides is 1. The number of nitrogens with one attached hydrogen (secondary N) is 1. The van der Waals surface area contributed by atoms with Crippen LogP contribution in [-0.2, 0) is 11.8 Å². The SMILES string of the molecule is Cn1cc(-c2ccc(NC(=O)OC(C)(C)C)cc2)nc1C(=O)O. The van der Waals surface area contributed by atoms with Gasteiger partial charge in [0.05, 0.1) is 5.69 Å².